The second-order valence-electron chi connectivity index (χ2n) is 0.326. The maximum absolute atomic E-state index is 8.64. The van der Waals surface area contributed by atoms with Crippen molar-refractivity contribution >= 4 is 7.32 Å². The van der Waals surface area contributed by atoms with Gasteiger partial charge in [-0.3, -0.25) is 0 Å². The maximum atomic E-state index is 8.64. The molecule has 0 heterocycles. The molecule has 0 atom stereocenters. The first-order valence-electron chi connectivity index (χ1n) is 0.752. The van der Waals surface area contributed by atoms with Gasteiger partial charge in [-0.05, 0) is 0 Å². The van der Waals surface area contributed by atoms with Gasteiger partial charge in [0.1, 0.15) is 0 Å². The van der Waals surface area contributed by atoms with Crippen molar-refractivity contribution in [1.82, 2.24) is 0 Å². The van der Waals surface area contributed by atoms with Gasteiger partial charge in [-0.15, -0.1) is 0 Å². The van der Waals surface area contributed by atoms with Crippen molar-refractivity contribution in [3.8, 4) is 0 Å². The molecule has 0 amide bonds. The molecule has 0 spiro atoms. The molecule has 0 aliphatic carbocycles. The average molecular weight is 67.8 g/mol. The summed E-state index contributed by atoms with van der Waals surface area (Å²) in [5.41, 5.74) is 0. The molecule has 0 radical (unpaired) electrons. The van der Waals surface area contributed by atoms with E-state index in [0.29, 0.717) is 0 Å². The van der Waals surface area contributed by atoms with Crippen LogP contribution in [0.2, 0.25) is 0 Å². The van der Waals surface area contributed by atoms with E-state index in [9.17, 15) is 0 Å². The average Bonchev–Trinajstić information content (AvgIpc) is 0.811. The summed E-state index contributed by atoms with van der Waals surface area (Å²) in [6.07, 6.45) is 0. The first kappa shape index (κ1) is 9.11. The van der Waals surface area contributed by atoms with Crippen LogP contribution in [0, 0.1) is 0 Å². The Balaban J connectivity index is 0. The summed E-state index contributed by atoms with van der Waals surface area (Å²) >= 11 is 0. The van der Waals surface area contributed by atoms with Gasteiger partial charge in [0.2, 0.25) is 0 Å². The van der Waals surface area contributed by atoms with E-state index in [-0.39, 0.29) is 18.9 Å². The zero-order chi connectivity index (χ0) is 3.58. The molecule has 0 bridgehead atoms. The summed E-state index contributed by atoms with van der Waals surface area (Å²) < 4.78 is 0. The molecule has 0 aliphatic rings. The summed E-state index contributed by atoms with van der Waals surface area (Å²) in [6, 6.07) is 0. The van der Waals surface area contributed by atoms with Crippen molar-refractivity contribution in [2.24, 2.45) is 0 Å². The monoisotopic (exact) mass is 68.0 g/mol. The van der Waals surface area contributed by atoms with Gasteiger partial charge in [0, 0.05) is 0 Å². The van der Waals surface area contributed by atoms with Gasteiger partial charge >= 0.3 is 26.2 Å². The molecule has 0 rings (SSSR count). The van der Waals surface area contributed by atoms with Crippen molar-refractivity contribution in [2.45, 2.75) is 0 Å². The minimum Gasteiger partial charge on any atom is -0.832 e. The molecule has 0 saturated carbocycles. The second-order valence-corrected chi connectivity index (χ2v) is 0.326. The van der Waals surface area contributed by atoms with Crippen LogP contribution >= 0.6 is 0 Å². The zero-order valence-electron chi connectivity index (χ0n) is 2.88. The van der Waals surface area contributed by atoms with E-state index in [1.807, 2.05) is 0 Å². The fraction of sp³-hybridized carbons (Fsp3) is 0. The van der Waals surface area contributed by atoms with Gasteiger partial charge in [0.25, 0.3) is 0 Å². The van der Waals surface area contributed by atoms with Gasteiger partial charge < -0.3 is 15.1 Å². The SMILES string of the molecule is [Li+].[O-]B(O)O. The fourth-order valence-corrected chi connectivity index (χ4v) is 0. The summed E-state index contributed by atoms with van der Waals surface area (Å²) in [5.74, 6) is 0. The van der Waals surface area contributed by atoms with Crippen molar-refractivity contribution in [1.29, 1.82) is 0 Å². The quantitative estimate of drug-likeness (QED) is 0.278. The Bertz CT molecular complexity index is 11.6. The molecule has 0 aliphatic heterocycles. The first-order valence-corrected chi connectivity index (χ1v) is 0.752. The van der Waals surface area contributed by atoms with E-state index < -0.39 is 7.32 Å². The number of hydrogen-bond donors (Lipinski definition) is 2. The summed E-state index contributed by atoms with van der Waals surface area (Å²) in [4.78, 5) is 0. The van der Waals surface area contributed by atoms with Gasteiger partial charge in [-0.2, -0.15) is 0 Å². The van der Waals surface area contributed by atoms with Crippen LogP contribution in [0.4, 0.5) is 0 Å². The van der Waals surface area contributed by atoms with Crippen LogP contribution in [0.25, 0.3) is 0 Å². The van der Waals surface area contributed by atoms with Crippen LogP contribution in [-0.4, -0.2) is 17.4 Å². The van der Waals surface area contributed by atoms with Crippen LogP contribution in [0.3, 0.4) is 0 Å². The third-order valence-electron chi connectivity index (χ3n) is 0. The Hall–Kier alpha value is 0.542. The van der Waals surface area contributed by atoms with Crippen LogP contribution in [0.15, 0.2) is 0 Å². The van der Waals surface area contributed by atoms with Crippen LogP contribution in [0.1, 0.15) is 0 Å². The molecule has 0 saturated heterocycles. The number of hydrogen-bond acceptors (Lipinski definition) is 3. The van der Waals surface area contributed by atoms with E-state index in [0.717, 1.165) is 0 Å². The summed E-state index contributed by atoms with van der Waals surface area (Å²) in [5, 5.41) is 22.8. The standard InChI is InChI=1S/BH2O3.Li/c2-1(3)4;/h2-3H;/q-1;+1. The van der Waals surface area contributed by atoms with E-state index in [1.54, 1.807) is 0 Å². The predicted octanol–water partition coefficient (Wildman–Crippen LogP) is -5.68. The third-order valence-corrected chi connectivity index (χ3v) is 0. The Kier molecular flexibility index (Phi) is 8.28. The largest absolute Gasteiger partial charge is 1.00 e. The van der Waals surface area contributed by atoms with Crippen molar-refractivity contribution in [3.63, 3.8) is 0 Å². The molecule has 0 aromatic rings. The van der Waals surface area contributed by atoms with Gasteiger partial charge in [0.05, 0.1) is 0 Å². The van der Waals surface area contributed by atoms with Crippen molar-refractivity contribution in [2.75, 3.05) is 0 Å². The fourth-order valence-electron chi connectivity index (χ4n) is 0. The Morgan fingerprint density at radius 3 is 1.40 bits per heavy atom. The van der Waals surface area contributed by atoms with Crippen molar-refractivity contribution in [3.05, 3.63) is 0 Å². The Morgan fingerprint density at radius 1 is 1.40 bits per heavy atom. The molecule has 0 fully saturated rings. The van der Waals surface area contributed by atoms with Gasteiger partial charge in [0.15, 0.2) is 0 Å². The Labute approximate surface area is 42.0 Å². The van der Waals surface area contributed by atoms with E-state index in [1.165, 1.54) is 0 Å². The van der Waals surface area contributed by atoms with Crippen LogP contribution in [0.5, 0.6) is 0 Å². The number of rotatable bonds is 0. The summed E-state index contributed by atoms with van der Waals surface area (Å²) in [7, 11) is -2.42. The van der Waals surface area contributed by atoms with Crippen LogP contribution < -0.4 is 23.9 Å². The predicted molar refractivity (Wildman–Crippen MR) is 10.2 cm³/mol. The minimum absolute atomic E-state index is 0. The first-order chi connectivity index (χ1) is 1.73. The van der Waals surface area contributed by atoms with Crippen LogP contribution in [-0.2, 0) is 0 Å². The summed E-state index contributed by atoms with van der Waals surface area (Å²) in [6.45, 7) is 0. The topological polar surface area (TPSA) is 63.5 Å². The molecular weight excluding hydrogens is 65.8 g/mol. The molecule has 3 nitrogen and oxygen atoms in total. The minimum atomic E-state index is -2.42. The van der Waals surface area contributed by atoms with E-state index in [2.05, 4.69) is 0 Å². The van der Waals surface area contributed by atoms with E-state index in [4.69, 9.17) is 15.1 Å². The molecule has 2 N–H and O–H groups in total. The Morgan fingerprint density at radius 2 is 1.40 bits per heavy atom. The van der Waals surface area contributed by atoms with Gasteiger partial charge in [-0.25, -0.2) is 0 Å². The zero-order valence-corrected chi connectivity index (χ0v) is 2.88. The molecule has 5 heavy (non-hydrogen) atoms. The second kappa shape index (κ2) is 4.54. The molecule has 0 aromatic heterocycles. The molecule has 24 valence electrons. The molecule has 0 aromatic carbocycles. The molecular formula is H2BLiO3. The molecule has 5 heteroatoms. The molecule has 0 unspecified atom stereocenters. The van der Waals surface area contributed by atoms with E-state index >= 15 is 0 Å². The van der Waals surface area contributed by atoms with Gasteiger partial charge in [-0.1, -0.05) is 0 Å². The normalized spacial score (nSPS) is 5.40. The third kappa shape index (κ3) is 99.8. The smallest absolute Gasteiger partial charge is 0.832 e. The maximum Gasteiger partial charge on any atom is 1.00 e. The van der Waals surface area contributed by atoms with Crippen molar-refractivity contribution < 1.29 is 33.9 Å².